The van der Waals surface area contributed by atoms with Crippen molar-refractivity contribution < 1.29 is 18.9 Å². The van der Waals surface area contributed by atoms with Crippen LogP contribution in [0.3, 0.4) is 0 Å². The van der Waals surface area contributed by atoms with Crippen molar-refractivity contribution in [3.63, 3.8) is 0 Å². The van der Waals surface area contributed by atoms with E-state index in [2.05, 4.69) is 91.5 Å². The number of piperidine rings is 1. The minimum atomic E-state index is -1.73. The predicted molar refractivity (Wildman–Crippen MR) is 153 cm³/mol. The first kappa shape index (κ1) is 34.8. The molecule has 2 rings (SSSR count). The van der Waals surface area contributed by atoms with E-state index in [4.69, 9.17) is 9.51 Å². The Bertz CT molecular complexity index is 497. The predicted octanol–water partition coefficient (Wildman–Crippen LogP) is 6.84. The molecule has 0 aliphatic carbocycles. The van der Waals surface area contributed by atoms with Gasteiger partial charge >= 0.3 is 18.9 Å². The van der Waals surface area contributed by atoms with Crippen LogP contribution in [0.4, 0.5) is 0 Å². The van der Waals surface area contributed by atoms with Crippen molar-refractivity contribution in [2.45, 2.75) is 110 Å². The van der Waals surface area contributed by atoms with E-state index in [1.54, 1.807) is 6.20 Å². The van der Waals surface area contributed by atoms with Gasteiger partial charge in [0.25, 0.3) is 0 Å². The largest absolute Gasteiger partial charge is 1.00 e. The molecule has 1 fully saturated rings. The van der Waals surface area contributed by atoms with Gasteiger partial charge in [-0.25, -0.2) is 0 Å². The molecule has 4 nitrogen and oxygen atoms in total. The monoisotopic (exact) mass is 490 g/mol. The van der Waals surface area contributed by atoms with Crippen molar-refractivity contribution >= 4 is 24.0 Å². The summed E-state index contributed by atoms with van der Waals surface area (Å²) in [6.45, 7) is 31.3. The first-order valence-corrected chi connectivity index (χ1v) is 20.5. The third-order valence-corrected chi connectivity index (χ3v) is 15.4. The van der Waals surface area contributed by atoms with Crippen LogP contribution < -0.4 is 18.9 Å². The number of hydrogen-bond acceptors (Lipinski definition) is 0. The van der Waals surface area contributed by atoms with Gasteiger partial charge in [0, 0.05) is 10.3 Å². The Hall–Kier alpha value is 0.621. The summed E-state index contributed by atoms with van der Waals surface area (Å²) in [6, 6.07) is 0. The summed E-state index contributed by atoms with van der Waals surface area (Å²) in [4.78, 5) is 0. The summed E-state index contributed by atoms with van der Waals surface area (Å²) in [6.07, 6.45) is 11.8. The second-order valence-electron chi connectivity index (χ2n) is 12.4. The third kappa shape index (κ3) is 14.8. The number of allylic oxidation sites excluding steroid dienone is 2. The molecule has 32 heavy (non-hydrogen) atoms. The van der Waals surface area contributed by atoms with E-state index in [0.29, 0.717) is 0 Å². The van der Waals surface area contributed by atoms with Crippen LogP contribution in [-0.2, 0) is 0 Å². The summed E-state index contributed by atoms with van der Waals surface area (Å²) >= 11 is 0. The first-order chi connectivity index (χ1) is 13.9. The topological polar surface area (TPSA) is 56.4 Å². The van der Waals surface area contributed by atoms with E-state index >= 15 is 0 Å². The second kappa shape index (κ2) is 14.9. The van der Waals surface area contributed by atoms with E-state index < -0.39 is 24.0 Å². The molecule has 0 amide bonds. The fraction of sp³-hybridized carbons (Fsp3) is 0.833. The Morgan fingerprint density at radius 1 is 0.719 bits per heavy atom. The van der Waals surface area contributed by atoms with Gasteiger partial charge in [0.05, 0.1) is 0 Å². The van der Waals surface area contributed by atoms with Crippen molar-refractivity contribution in [2.75, 3.05) is 19.6 Å². The van der Waals surface area contributed by atoms with Crippen LogP contribution in [0.2, 0.25) is 39.3 Å². The van der Waals surface area contributed by atoms with Crippen molar-refractivity contribution in [3.05, 3.63) is 44.6 Å². The molecule has 0 aromatic heterocycles. The minimum Gasteiger partial charge on any atom is -0.687 e. The molecule has 2 heterocycles. The quantitative estimate of drug-likeness (QED) is 0.306. The van der Waals surface area contributed by atoms with Crippen LogP contribution in [0.25, 0.3) is 20.1 Å². The normalized spacial score (nSPS) is 17.1. The van der Waals surface area contributed by atoms with E-state index in [9.17, 15) is 0 Å². The zero-order chi connectivity index (χ0) is 24.4. The molecule has 0 aromatic carbocycles. The molecule has 1 saturated heterocycles. The van der Waals surface area contributed by atoms with Crippen molar-refractivity contribution in [1.82, 2.24) is 0 Å². The average Bonchev–Trinajstić information content (AvgIpc) is 2.61. The first-order valence-electron chi connectivity index (χ1n) is 11.9. The molecule has 0 saturated carbocycles. The van der Waals surface area contributed by atoms with Gasteiger partial charge < -0.3 is 20.1 Å². The van der Waals surface area contributed by atoms with Crippen LogP contribution >= 0.6 is 7.56 Å². The summed E-state index contributed by atoms with van der Waals surface area (Å²) in [7, 11) is -4.75. The summed E-state index contributed by atoms with van der Waals surface area (Å²) in [5, 5.41) is 8.40. The molecule has 2 aliphatic rings. The van der Waals surface area contributed by atoms with Crippen LogP contribution in [0.15, 0.2) is 24.4 Å². The van der Waals surface area contributed by atoms with Crippen molar-refractivity contribution in [3.8, 4) is 0 Å². The molecule has 184 valence electrons. The van der Waals surface area contributed by atoms with Gasteiger partial charge in [-0.3, -0.25) is 0 Å². The van der Waals surface area contributed by atoms with Crippen molar-refractivity contribution in [1.29, 1.82) is 0 Å². The minimum absolute atomic E-state index is 0. The van der Waals surface area contributed by atoms with Crippen LogP contribution in [0.1, 0.15) is 60.8 Å². The Labute approximate surface area is 216 Å². The number of nitrogens with zero attached hydrogens (tertiary/aromatic N) is 4. The molecule has 0 N–H and O–H groups in total. The zero-order valence-corrected chi connectivity index (χ0v) is 26.7. The maximum Gasteiger partial charge on any atom is 1.00 e. The SMILES string of the molecule is C1=CC[N-]C=C1.C1CC[N-]CC1.CC(C)(C)[P+]([N-][Si](C)(C)C)([N-][Si](C)(C)C)C(C)(C)C.[Li+]. The summed E-state index contributed by atoms with van der Waals surface area (Å²) < 4.78 is 11.0. The fourth-order valence-corrected chi connectivity index (χ4v) is 17.9. The molecule has 0 bridgehead atoms. The molecule has 0 radical (unpaired) electrons. The third-order valence-electron chi connectivity index (χ3n) is 4.54. The fourth-order valence-electron chi connectivity index (χ4n) is 3.60. The number of hydrogen-bond donors (Lipinski definition) is 0. The Morgan fingerprint density at radius 2 is 1.16 bits per heavy atom. The molecule has 0 aromatic rings. The molecule has 0 unspecified atom stereocenters. The van der Waals surface area contributed by atoms with Crippen LogP contribution in [0, 0.1) is 0 Å². The molecule has 8 heteroatoms. The van der Waals surface area contributed by atoms with Gasteiger partial charge in [-0.15, -0.1) is 33.3 Å². The standard InChI is InChI=1S/C14H36N2PSi2.C5H10N.C5H6N.Li/c1-13(2,3)17(14(4,5)6,15-18(7,8)9)16-19(10,11)12;2*1-2-4-6-5-3-1;/h1-12H3;1-5H2;1-4H,5H2;/q3*-1;+1. The Morgan fingerprint density at radius 3 is 1.28 bits per heavy atom. The average molecular weight is 491 g/mol. The maximum atomic E-state index is 5.49. The summed E-state index contributed by atoms with van der Waals surface area (Å²) in [5.41, 5.74) is 0. The van der Waals surface area contributed by atoms with Crippen LogP contribution in [0.5, 0.6) is 0 Å². The van der Waals surface area contributed by atoms with E-state index in [0.717, 1.165) is 19.6 Å². The molecular formula is C24H52LiN4PSi2-2. The van der Waals surface area contributed by atoms with Gasteiger partial charge in [-0.05, 0) is 58.0 Å². The molecule has 2 aliphatic heterocycles. The van der Waals surface area contributed by atoms with Gasteiger partial charge in [0.2, 0.25) is 0 Å². The summed E-state index contributed by atoms with van der Waals surface area (Å²) in [5.74, 6) is 0. The van der Waals surface area contributed by atoms with Gasteiger partial charge in [-0.2, -0.15) is 6.20 Å². The molecule has 0 spiro atoms. The maximum absolute atomic E-state index is 5.49. The number of rotatable bonds is 4. The van der Waals surface area contributed by atoms with Gasteiger partial charge in [-0.1, -0.05) is 70.7 Å². The molecule has 0 atom stereocenters. The zero-order valence-electron chi connectivity index (χ0n) is 23.8. The Balaban J connectivity index is 0. The van der Waals surface area contributed by atoms with Gasteiger partial charge in [0.1, 0.15) is 0 Å². The van der Waals surface area contributed by atoms with Gasteiger partial charge in [0.15, 0.2) is 0 Å². The Kier molecular flexibility index (Phi) is 16.2. The van der Waals surface area contributed by atoms with E-state index in [-0.39, 0.29) is 29.2 Å². The van der Waals surface area contributed by atoms with Crippen LogP contribution in [-0.4, -0.2) is 46.4 Å². The smallest absolute Gasteiger partial charge is 0.687 e. The van der Waals surface area contributed by atoms with E-state index in [1.165, 1.54) is 19.3 Å². The van der Waals surface area contributed by atoms with E-state index in [1.807, 2.05) is 18.2 Å². The van der Waals surface area contributed by atoms with Crippen molar-refractivity contribution in [2.24, 2.45) is 0 Å². The molecular weight excluding hydrogens is 438 g/mol. The second-order valence-corrected chi connectivity index (χ2v) is 26.5.